The van der Waals surface area contributed by atoms with Gasteiger partial charge in [-0.2, -0.15) is 4.31 Å². The maximum absolute atomic E-state index is 12.7. The molecule has 2 N–H and O–H groups in total. The number of hydrogen-bond acceptors (Lipinski definition) is 4. The summed E-state index contributed by atoms with van der Waals surface area (Å²) in [4.78, 5) is 12.6. The number of nitrogens with zero attached hydrogens (tertiary/aromatic N) is 1. The highest BCUT2D eigenvalue weighted by molar-refractivity contribution is 7.89. The maximum Gasteiger partial charge on any atom is 0.251 e. The van der Waals surface area contributed by atoms with Crippen molar-refractivity contribution >= 4 is 15.9 Å². The summed E-state index contributed by atoms with van der Waals surface area (Å²) in [6.45, 7) is 5.07. The first-order chi connectivity index (χ1) is 12.0. The number of hydrogen-bond donors (Lipinski definition) is 2. The molecule has 0 saturated carbocycles. The van der Waals surface area contributed by atoms with Crippen molar-refractivity contribution in [3.63, 3.8) is 0 Å². The largest absolute Gasteiger partial charge is 0.348 e. The molecule has 0 aliphatic carbocycles. The van der Waals surface area contributed by atoms with Crippen LogP contribution in [0.15, 0.2) is 29.2 Å². The Morgan fingerprint density at radius 3 is 2.44 bits per heavy atom. The number of sulfonamides is 1. The summed E-state index contributed by atoms with van der Waals surface area (Å²) in [6.07, 6.45) is 3.82. The van der Waals surface area contributed by atoms with Crippen LogP contribution in [0.1, 0.15) is 43.0 Å². The summed E-state index contributed by atoms with van der Waals surface area (Å²) < 4.78 is 27.0. The Morgan fingerprint density at radius 2 is 1.84 bits per heavy atom. The zero-order valence-corrected chi connectivity index (χ0v) is 15.5. The van der Waals surface area contributed by atoms with Crippen molar-refractivity contribution in [3.05, 3.63) is 29.8 Å². The lowest BCUT2D eigenvalue weighted by molar-refractivity contribution is 0.0930. The Balaban J connectivity index is 1.65. The van der Waals surface area contributed by atoms with Gasteiger partial charge in [-0.25, -0.2) is 8.42 Å². The minimum Gasteiger partial charge on any atom is -0.348 e. The van der Waals surface area contributed by atoms with Crippen molar-refractivity contribution in [3.8, 4) is 0 Å². The average Bonchev–Trinajstić information content (AvgIpc) is 2.63. The zero-order valence-electron chi connectivity index (χ0n) is 14.7. The lowest BCUT2D eigenvalue weighted by Crippen LogP contribution is -2.45. The third-order valence-corrected chi connectivity index (χ3v) is 7.04. The van der Waals surface area contributed by atoms with Gasteiger partial charge in [-0.15, -0.1) is 0 Å². The van der Waals surface area contributed by atoms with Crippen LogP contribution in [0.3, 0.4) is 0 Å². The number of carbonyl (C=O) groups excluding carboxylic acids is 1. The number of rotatable bonds is 4. The highest BCUT2D eigenvalue weighted by Crippen LogP contribution is 2.23. The number of amides is 1. The van der Waals surface area contributed by atoms with Crippen LogP contribution in [-0.4, -0.2) is 50.9 Å². The fraction of sp³-hybridized carbons (Fsp3) is 0.611. The van der Waals surface area contributed by atoms with Crippen molar-refractivity contribution in [2.24, 2.45) is 5.92 Å². The van der Waals surface area contributed by atoms with E-state index in [2.05, 4.69) is 17.6 Å². The normalized spacial score (nSPS) is 23.3. The van der Waals surface area contributed by atoms with Crippen LogP contribution < -0.4 is 10.6 Å². The molecule has 0 radical (unpaired) electrons. The smallest absolute Gasteiger partial charge is 0.251 e. The molecule has 0 unspecified atom stereocenters. The van der Waals surface area contributed by atoms with Crippen molar-refractivity contribution < 1.29 is 13.2 Å². The molecule has 1 aromatic carbocycles. The van der Waals surface area contributed by atoms with Gasteiger partial charge in [-0.3, -0.25) is 4.79 Å². The van der Waals surface area contributed by atoms with E-state index in [0.717, 1.165) is 38.8 Å². The molecule has 138 valence electrons. The Morgan fingerprint density at radius 1 is 1.16 bits per heavy atom. The van der Waals surface area contributed by atoms with Crippen LogP contribution in [0.5, 0.6) is 0 Å². The summed E-state index contributed by atoms with van der Waals surface area (Å²) in [5.74, 6) is 0.427. The first-order valence-corrected chi connectivity index (χ1v) is 10.5. The molecule has 2 aliphatic rings. The monoisotopic (exact) mass is 365 g/mol. The summed E-state index contributed by atoms with van der Waals surface area (Å²) >= 11 is 0. The molecule has 2 saturated heterocycles. The quantitative estimate of drug-likeness (QED) is 0.849. The molecule has 3 rings (SSSR count). The van der Waals surface area contributed by atoms with Gasteiger partial charge in [0.1, 0.15) is 0 Å². The van der Waals surface area contributed by atoms with Crippen molar-refractivity contribution in [2.45, 2.75) is 43.5 Å². The highest BCUT2D eigenvalue weighted by atomic mass is 32.2. The first kappa shape index (κ1) is 18.4. The molecular weight excluding hydrogens is 338 g/mol. The van der Waals surface area contributed by atoms with Gasteiger partial charge in [0.25, 0.3) is 5.91 Å². The maximum atomic E-state index is 12.7. The van der Waals surface area contributed by atoms with Gasteiger partial charge < -0.3 is 10.6 Å². The molecule has 1 amide bonds. The van der Waals surface area contributed by atoms with E-state index in [-0.39, 0.29) is 16.8 Å². The van der Waals surface area contributed by atoms with Crippen molar-refractivity contribution in [2.75, 3.05) is 26.2 Å². The van der Waals surface area contributed by atoms with Crippen LogP contribution in [0.25, 0.3) is 0 Å². The third kappa shape index (κ3) is 4.40. The fourth-order valence-electron chi connectivity index (χ4n) is 3.40. The van der Waals surface area contributed by atoms with Crippen LogP contribution in [-0.2, 0) is 10.0 Å². The van der Waals surface area contributed by atoms with Gasteiger partial charge in [-0.1, -0.05) is 6.92 Å². The molecule has 0 aromatic heterocycles. The number of piperidine rings is 2. The van der Waals surface area contributed by atoms with E-state index in [1.807, 2.05) is 0 Å². The molecule has 1 aromatic rings. The van der Waals surface area contributed by atoms with E-state index in [0.29, 0.717) is 24.6 Å². The molecule has 25 heavy (non-hydrogen) atoms. The van der Waals surface area contributed by atoms with Gasteiger partial charge in [0.15, 0.2) is 0 Å². The second kappa shape index (κ2) is 7.85. The Bertz CT molecular complexity index is 689. The molecule has 6 nitrogen and oxygen atoms in total. The van der Waals surface area contributed by atoms with E-state index >= 15 is 0 Å². The van der Waals surface area contributed by atoms with Gasteiger partial charge in [-0.05, 0) is 62.4 Å². The van der Waals surface area contributed by atoms with E-state index in [9.17, 15) is 13.2 Å². The molecule has 2 heterocycles. The predicted molar refractivity (Wildman–Crippen MR) is 97.0 cm³/mol. The summed E-state index contributed by atoms with van der Waals surface area (Å²) in [7, 11) is -3.46. The number of nitrogens with one attached hydrogen (secondary N) is 2. The van der Waals surface area contributed by atoms with Crippen molar-refractivity contribution in [1.29, 1.82) is 0 Å². The number of carbonyl (C=O) groups is 1. The zero-order chi connectivity index (χ0) is 17.9. The second-order valence-electron chi connectivity index (χ2n) is 7.13. The molecule has 0 bridgehead atoms. The third-order valence-electron chi connectivity index (χ3n) is 5.13. The SMILES string of the molecule is CC1CCN(S(=O)(=O)c2ccc(C(=O)N[C@H]3CCCNC3)cc2)CC1. The van der Waals surface area contributed by atoms with E-state index in [1.54, 1.807) is 28.6 Å². The van der Waals surface area contributed by atoms with Gasteiger partial charge in [0.05, 0.1) is 4.90 Å². The van der Waals surface area contributed by atoms with Crippen LogP contribution in [0, 0.1) is 5.92 Å². The minimum absolute atomic E-state index is 0.139. The van der Waals surface area contributed by atoms with E-state index < -0.39 is 10.0 Å². The van der Waals surface area contributed by atoms with Gasteiger partial charge >= 0.3 is 0 Å². The second-order valence-corrected chi connectivity index (χ2v) is 9.07. The lowest BCUT2D eigenvalue weighted by Gasteiger charge is -2.29. The van der Waals surface area contributed by atoms with Crippen LogP contribution >= 0.6 is 0 Å². The first-order valence-electron chi connectivity index (χ1n) is 9.08. The highest BCUT2D eigenvalue weighted by Gasteiger charge is 2.28. The molecule has 7 heteroatoms. The summed E-state index contributed by atoms with van der Waals surface area (Å²) in [6, 6.07) is 6.43. The van der Waals surface area contributed by atoms with Gasteiger partial charge in [0.2, 0.25) is 10.0 Å². The number of benzene rings is 1. The molecule has 1 atom stereocenters. The molecule has 2 fully saturated rings. The minimum atomic E-state index is -3.46. The topological polar surface area (TPSA) is 78.5 Å². The molecular formula is C18H27N3O3S. The van der Waals surface area contributed by atoms with Crippen LogP contribution in [0.4, 0.5) is 0 Å². The Kier molecular flexibility index (Phi) is 5.76. The Labute approximate surface area is 150 Å². The Hall–Kier alpha value is -1.44. The average molecular weight is 365 g/mol. The fourth-order valence-corrected chi connectivity index (χ4v) is 4.87. The summed E-state index contributed by atoms with van der Waals surface area (Å²) in [5, 5.41) is 6.26. The molecule has 2 aliphatic heterocycles. The standard InChI is InChI=1S/C18H27N3O3S/c1-14-8-11-21(12-9-14)25(23,24)17-6-4-15(5-7-17)18(22)20-16-3-2-10-19-13-16/h4-7,14,16,19H,2-3,8-13H2,1H3,(H,20,22)/t16-/m0/s1. The van der Waals surface area contributed by atoms with Crippen molar-refractivity contribution in [1.82, 2.24) is 14.9 Å². The van der Waals surface area contributed by atoms with E-state index in [4.69, 9.17) is 0 Å². The van der Waals surface area contributed by atoms with E-state index in [1.165, 1.54) is 0 Å². The molecule has 0 spiro atoms. The van der Waals surface area contributed by atoms with Gasteiger partial charge in [0, 0.05) is 31.2 Å². The summed E-state index contributed by atoms with van der Waals surface area (Å²) in [5.41, 5.74) is 0.497. The van der Waals surface area contributed by atoms with Crippen LogP contribution in [0.2, 0.25) is 0 Å². The predicted octanol–water partition coefficient (Wildman–Crippen LogP) is 1.59. The lowest BCUT2D eigenvalue weighted by atomic mass is 10.0.